The SMILES string of the molecule is COC(=O)[C@H]1[C@H]2C(=O)OC[C@H](c3ccccc3)N2C(C)(C)[C@@H]1C(=O)OC. The number of fused-ring (bicyclic) bond motifs is 1. The monoisotopic (exact) mass is 361 g/mol. The van der Waals surface area contributed by atoms with E-state index in [4.69, 9.17) is 14.2 Å². The van der Waals surface area contributed by atoms with Crippen LogP contribution in [-0.2, 0) is 28.6 Å². The Labute approximate surface area is 152 Å². The van der Waals surface area contributed by atoms with E-state index in [0.29, 0.717) is 0 Å². The Morgan fingerprint density at radius 2 is 1.73 bits per heavy atom. The average molecular weight is 361 g/mol. The van der Waals surface area contributed by atoms with Crippen LogP contribution in [0.25, 0.3) is 0 Å². The van der Waals surface area contributed by atoms with Crippen LogP contribution in [0.5, 0.6) is 0 Å². The summed E-state index contributed by atoms with van der Waals surface area (Å²) >= 11 is 0. The zero-order chi connectivity index (χ0) is 19.1. The predicted molar refractivity (Wildman–Crippen MR) is 90.9 cm³/mol. The number of esters is 3. The first kappa shape index (κ1) is 18.4. The highest BCUT2D eigenvalue weighted by Gasteiger charge is 2.66. The van der Waals surface area contributed by atoms with Gasteiger partial charge in [0, 0.05) is 5.54 Å². The second-order valence-corrected chi connectivity index (χ2v) is 7.11. The van der Waals surface area contributed by atoms with Crippen LogP contribution in [0.1, 0.15) is 25.5 Å². The zero-order valence-corrected chi connectivity index (χ0v) is 15.3. The molecule has 2 aliphatic rings. The fraction of sp³-hybridized carbons (Fsp3) is 0.526. The lowest BCUT2D eigenvalue weighted by molar-refractivity contribution is -0.170. The molecule has 2 heterocycles. The second-order valence-electron chi connectivity index (χ2n) is 7.11. The standard InChI is InChI=1S/C19H23NO6/c1-19(2)14(17(22)25-4)13(16(21)24-3)15-18(23)26-10-12(20(15)19)11-8-6-5-7-9-11/h5-9,12-15H,10H2,1-4H3/t12-,13-,14+,15+/m1/s1. The lowest BCUT2D eigenvalue weighted by Crippen LogP contribution is -2.55. The first-order valence-corrected chi connectivity index (χ1v) is 8.50. The summed E-state index contributed by atoms with van der Waals surface area (Å²) in [6.07, 6.45) is 0. The maximum absolute atomic E-state index is 12.6. The van der Waals surface area contributed by atoms with Gasteiger partial charge in [-0.1, -0.05) is 30.3 Å². The molecule has 0 amide bonds. The van der Waals surface area contributed by atoms with Crippen LogP contribution in [0.4, 0.5) is 0 Å². The third kappa shape index (κ3) is 2.67. The van der Waals surface area contributed by atoms with Crippen LogP contribution < -0.4 is 0 Å². The van der Waals surface area contributed by atoms with E-state index in [9.17, 15) is 14.4 Å². The van der Waals surface area contributed by atoms with Gasteiger partial charge < -0.3 is 14.2 Å². The number of hydrogen-bond donors (Lipinski definition) is 0. The topological polar surface area (TPSA) is 82.1 Å². The van der Waals surface area contributed by atoms with Crippen molar-refractivity contribution in [3.05, 3.63) is 35.9 Å². The molecule has 0 bridgehead atoms. The number of ether oxygens (including phenoxy) is 3. The second kappa shape index (κ2) is 6.72. The van der Waals surface area contributed by atoms with E-state index < -0.39 is 41.3 Å². The molecule has 0 N–H and O–H groups in total. The Hall–Kier alpha value is -2.41. The van der Waals surface area contributed by atoms with Crippen molar-refractivity contribution in [2.24, 2.45) is 11.8 Å². The fourth-order valence-corrected chi connectivity index (χ4v) is 4.39. The van der Waals surface area contributed by atoms with Gasteiger partial charge in [-0.15, -0.1) is 0 Å². The Morgan fingerprint density at radius 3 is 2.31 bits per heavy atom. The number of methoxy groups -OCH3 is 2. The Bertz CT molecular complexity index is 716. The quantitative estimate of drug-likeness (QED) is 0.593. The third-order valence-electron chi connectivity index (χ3n) is 5.50. The predicted octanol–water partition coefficient (Wildman–Crippen LogP) is 1.33. The van der Waals surface area contributed by atoms with Crippen molar-refractivity contribution < 1.29 is 28.6 Å². The highest BCUT2D eigenvalue weighted by Crippen LogP contribution is 2.50. The van der Waals surface area contributed by atoms with Crippen molar-refractivity contribution in [2.75, 3.05) is 20.8 Å². The Kier molecular flexibility index (Phi) is 4.75. The van der Waals surface area contributed by atoms with Crippen molar-refractivity contribution in [1.82, 2.24) is 4.90 Å². The van der Waals surface area contributed by atoms with Crippen LogP contribution in [0.15, 0.2) is 30.3 Å². The summed E-state index contributed by atoms with van der Waals surface area (Å²) in [6, 6.07) is 8.42. The van der Waals surface area contributed by atoms with E-state index in [1.54, 1.807) is 0 Å². The van der Waals surface area contributed by atoms with Crippen molar-refractivity contribution >= 4 is 17.9 Å². The molecule has 4 atom stereocenters. The van der Waals surface area contributed by atoms with E-state index in [-0.39, 0.29) is 12.6 Å². The molecule has 7 nitrogen and oxygen atoms in total. The summed E-state index contributed by atoms with van der Waals surface area (Å²) in [4.78, 5) is 39.6. The summed E-state index contributed by atoms with van der Waals surface area (Å²) < 4.78 is 15.3. The largest absolute Gasteiger partial charge is 0.469 e. The maximum atomic E-state index is 12.6. The molecule has 1 aromatic rings. The van der Waals surface area contributed by atoms with Gasteiger partial charge in [-0.3, -0.25) is 19.3 Å². The van der Waals surface area contributed by atoms with Crippen molar-refractivity contribution in [1.29, 1.82) is 0 Å². The number of carbonyl (C=O) groups excluding carboxylic acids is 3. The van der Waals surface area contributed by atoms with Crippen LogP contribution in [0, 0.1) is 11.8 Å². The number of morpholine rings is 1. The van der Waals surface area contributed by atoms with E-state index in [2.05, 4.69) is 0 Å². The van der Waals surface area contributed by atoms with Gasteiger partial charge in [0.1, 0.15) is 12.6 Å². The van der Waals surface area contributed by atoms with Crippen LogP contribution >= 0.6 is 0 Å². The third-order valence-corrected chi connectivity index (χ3v) is 5.50. The molecular weight excluding hydrogens is 338 g/mol. The lowest BCUT2D eigenvalue weighted by Gasteiger charge is -2.44. The summed E-state index contributed by atoms with van der Waals surface area (Å²) in [7, 11) is 2.52. The Balaban J connectivity index is 2.13. The molecule has 2 fully saturated rings. The van der Waals surface area contributed by atoms with Gasteiger partial charge in [0.2, 0.25) is 0 Å². The molecule has 1 aromatic carbocycles. The van der Waals surface area contributed by atoms with Crippen LogP contribution in [-0.4, -0.2) is 55.2 Å². The first-order valence-electron chi connectivity index (χ1n) is 8.50. The fourth-order valence-electron chi connectivity index (χ4n) is 4.39. The smallest absolute Gasteiger partial charge is 0.324 e. The first-order chi connectivity index (χ1) is 12.3. The lowest BCUT2D eigenvalue weighted by atomic mass is 9.80. The van der Waals surface area contributed by atoms with Gasteiger partial charge in [-0.25, -0.2) is 0 Å². The normalized spacial score (nSPS) is 30.2. The molecule has 0 aromatic heterocycles. The van der Waals surface area contributed by atoms with Gasteiger partial charge >= 0.3 is 17.9 Å². The van der Waals surface area contributed by atoms with Crippen molar-refractivity contribution in [3.8, 4) is 0 Å². The summed E-state index contributed by atoms with van der Waals surface area (Å²) in [5.74, 6) is -3.51. The number of carbonyl (C=O) groups is 3. The minimum Gasteiger partial charge on any atom is -0.469 e. The molecule has 3 rings (SSSR count). The summed E-state index contributed by atoms with van der Waals surface area (Å²) in [5.41, 5.74) is 0.142. The molecule has 0 aliphatic carbocycles. The van der Waals surface area contributed by atoms with Crippen LogP contribution in [0.3, 0.4) is 0 Å². The van der Waals surface area contributed by atoms with Gasteiger partial charge in [0.25, 0.3) is 0 Å². The number of nitrogens with zero attached hydrogens (tertiary/aromatic N) is 1. The zero-order valence-electron chi connectivity index (χ0n) is 15.3. The number of benzene rings is 1. The summed E-state index contributed by atoms with van der Waals surface area (Å²) in [6.45, 7) is 3.85. The van der Waals surface area contributed by atoms with Crippen molar-refractivity contribution in [3.63, 3.8) is 0 Å². The summed E-state index contributed by atoms with van der Waals surface area (Å²) in [5, 5.41) is 0. The maximum Gasteiger partial charge on any atom is 0.324 e. The molecule has 2 aliphatic heterocycles. The van der Waals surface area contributed by atoms with Gasteiger partial charge in [0.05, 0.1) is 32.1 Å². The van der Waals surface area contributed by atoms with E-state index in [1.165, 1.54) is 14.2 Å². The number of hydrogen-bond acceptors (Lipinski definition) is 7. The van der Waals surface area contributed by atoms with E-state index >= 15 is 0 Å². The van der Waals surface area contributed by atoms with E-state index in [0.717, 1.165) is 5.56 Å². The number of cyclic esters (lactones) is 1. The van der Waals surface area contributed by atoms with E-state index in [1.807, 2.05) is 49.1 Å². The van der Waals surface area contributed by atoms with Gasteiger partial charge in [0.15, 0.2) is 0 Å². The minimum atomic E-state index is -0.985. The van der Waals surface area contributed by atoms with Crippen LogP contribution in [0.2, 0.25) is 0 Å². The molecule has 140 valence electrons. The molecular formula is C19H23NO6. The van der Waals surface area contributed by atoms with Crippen molar-refractivity contribution in [2.45, 2.75) is 31.5 Å². The molecule has 0 spiro atoms. The Morgan fingerprint density at radius 1 is 1.12 bits per heavy atom. The molecule has 0 unspecified atom stereocenters. The highest BCUT2D eigenvalue weighted by atomic mass is 16.5. The molecule has 2 saturated heterocycles. The minimum absolute atomic E-state index is 0.157. The highest BCUT2D eigenvalue weighted by molar-refractivity contribution is 5.92. The molecule has 7 heteroatoms. The average Bonchev–Trinajstić information content (AvgIpc) is 2.90. The van der Waals surface area contributed by atoms with Gasteiger partial charge in [-0.05, 0) is 19.4 Å². The number of rotatable bonds is 3. The molecule has 26 heavy (non-hydrogen) atoms. The van der Waals surface area contributed by atoms with Gasteiger partial charge in [-0.2, -0.15) is 0 Å². The molecule has 0 radical (unpaired) electrons. The molecule has 0 saturated carbocycles.